The standard InChI is InChI=1S/C15H28BrNO/c1-15(2,3)13-8-6-12(7-9-13)14(18)17-11-5-4-10-16/h12-13H,4-11H2,1-3H3,(H,17,18). The molecule has 1 aliphatic rings. The van der Waals surface area contributed by atoms with Crippen molar-refractivity contribution in [3.05, 3.63) is 0 Å². The van der Waals surface area contributed by atoms with Crippen LogP contribution in [0.2, 0.25) is 0 Å². The summed E-state index contributed by atoms with van der Waals surface area (Å²) in [5, 5.41) is 4.11. The molecule has 0 radical (unpaired) electrons. The smallest absolute Gasteiger partial charge is 0.223 e. The number of carbonyl (C=O) groups is 1. The number of unbranched alkanes of at least 4 members (excludes halogenated alkanes) is 1. The second kappa shape index (κ2) is 7.52. The van der Waals surface area contributed by atoms with E-state index in [1.54, 1.807) is 0 Å². The highest BCUT2D eigenvalue weighted by molar-refractivity contribution is 9.09. The molecule has 1 amide bonds. The van der Waals surface area contributed by atoms with E-state index in [0.29, 0.717) is 5.41 Å². The molecule has 0 atom stereocenters. The van der Waals surface area contributed by atoms with Crippen LogP contribution in [-0.2, 0) is 4.79 Å². The predicted molar refractivity (Wildman–Crippen MR) is 80.9 cm³/mol. The van der Waals surface area contributed by atoms with Gasteiger partial charge in [-0.25, -0.2) is 0 Å². The minimum absolute atomic E-state index is 0.271. The first-order valence-corrected chi connectivity index (χ1v) is 8.41. The first-order valence-electron chi connectivity index (χ1n) is 7.29. The lowest BCUT2D eigenvalue weighted by Gasteiger charge is -2.36. The third kappa shape index (κ3) is 5.29. The van der Waals surface area contributed by atoms with Gasteiger partial charge in [-0.1, -0.05) is 36.7 Å². The summed E-state index contributed by atoms with van der Waals surface area (Å²) in [5.41, 5.74) is 0.400. The molecule has 0 aromatic rings. The Balaban J connectivity index is 2.23. The van der Waals surface area contributed by atoms with Crippen LogP contribution in [0, 0.1) is 17.3 Å². The van der Waals surface area contributed by atoms with Crippen LogP contribution in [0.1, 0.15) is 59.3 Å². The number of halogens is 1. The van der Waals surface area contributed by atoms with Crippen LogP contribution in [0.25, 0.3) is 0 Å². The Labute approximate surface area is 120 Å². The van der Waals surface area contributed by atoms with Crippen LogP contribution < -0.4 is 5.32 Å². The number of hydrogen-bond acceptors (Lipinski definition) is 1. The summed E-state index contributed by atoms with van der Waals surface area (Å²) in [5.74, 6) is 1.35. The van der Waals surface area contributed by atoms with Crippen molar-refractivity contribution >= 4 is 21.8 Å². The molecule has 1 saturated carbocycles. The Kier molecular flexibility index (Phi) is 6.68. The van der Waals surface area contributed by atoms with Crippen molar-refractivity contribution in [2.45, 2.75) is 59.3 Å². The fourth-order valence-electron chi connectivity index (χ4n) is 2.80. The predicted octanol–water partition coefficient (Wildman–Crippen LogP) is 4.13. The maximum Gasteiger partial charge on any atom is 0.223 e. The molecule has 1 fully saturated rings. The molecule has 0 aromatic heterocycles. The molecule has 18 heavy (non-hydrogen) atoms. The molecule has 0 aromatic carbocycles. The zero-order chi connectivity index (χ0) is 13.6. The third-order valence-electron chi connectivity index (χ3n) is 4.18. The number of carbonyl (C=O) groups excluding carboxylic acids is 1. The van der Waals surface area contributed by atoms with E-state index in [4.69, 9.17) is 0 Å². The van der Waals surface area contributed by atoms with E-state index < -0.39 is 0 Å². The minimum Gasteiger partial charge on any atom is -0.356 e. The van der Waals surface area contributed by atoms with Gasteiger partial charge in [0.05, 0.1) is 0 Å². The summed E-state index contributed by atoms with van der Waals surface area (Å²) in [6, 6.07) is 0. The lowest BCUT2D eigenvalue weighted by atomic mass is 9.69. The van der Waals surface area contributed by atoms with Crippen molar-refractivity contribution in [3.63, 3.8) is 0 Å². The Hall–Kier alpha value is -0.0500. The van der Waals surface area contributed by atoms with Crippen molar-refractivity contribution in [1.29, 1.82) is 0 Å². The van der Waals surface area contributed by atoms with Gasteiger partial charge in [-0.05, 0) is 49.9 Å². The second-order valence-corrected chi connectivity index (χ2v) is 7.39. The van der Waals surface area contributed by atoms with Gasteiger partial charge in [0.15, 0.2) is 0 Å². The molecule has 0 bridgehead atoms. The van der Waals surface area contributed by atoms with Crippen LogP contribution in [0.15, 0.2) is 0 Å². The van der Waals surface area contributed by atoms with Gasteiger partial charge in [-0.2, -0.15) is 0 Å². The van der Waals surface area contributed by atoms with Crippen LogP contribution in [0.3, 0.4) is 0 Å². The Morgan fingerprint density at radius 1 is 1.17 bits per heavy atom. The van der Waals surface area contributed by atoms with Gasteiger partial charge in [-0.15, -0.1) is 0 Å². The fraction of sp³-hybridized carbons (Fsp3) is 0.933. The van der Waals surface area contributed by atoms with Crippen LogP contribution in [-0.4, -0.2) is 17.8 Å². The van der Waals surface area contributed by atoms with E-state index in [0.717, 1.165) is 43.5 Å². The number of rotatable bonds is 5. The molecule has 0 unspecified atom stereocenters. The van der Waals surface area contributed by atoms with Crippen LogP contribution in [0.4, 0.5) is 0 Å². The quantitative estimate of drug-likeness (QED) is 0.599. The van der Waals surface area contributed by atoms with Gasteiger partial charge in [0, 0.05) is 17.8 Å². The summed E-state index contributed by atoms with van der Waals surface area (Å²) < 4.78 is 0. The van der Waals surface area contributed by atoms with Crippen molar-refractivity contribution in [1.82, 2.24) is 5.32 Å². The molecular weight excluding hydrogens is 290 g/mol. The van der Waals surface area contributed by atoms with Crippen molar-refractivity contribution < 1.29 is 4.79 Å². The lowest BCUT2D eigenvalue weighted by Crippen LogP contribution is -2.35. The average molecular weight is 318 g/mol. The number of amides is 1. The molecule has 0 aliphatic heterocycles. The molecular formula is C15H28BrNO. The highest BCUT2D eigenvalue weighted by atomic mass is 79.9. The maximum atomic E-state index is 12.0. The largest absolute Gasteiger partial charge is 0.356 e. The van der Waals surface area contributed by atoms with Crippen LogP contribution >= 0.6 is 15.9 Å². The van der Waals surface area contributed by atoms with Crippen LogP contribution in [0.5, 0.6) is 0 Å². The molecule has 1 aliphatic carbocycles. The number of nitrogens with one attached hydrogen (secondary N) is 1. The van der Waals surface area contributed by atoms with E-state index in [1.807, 2.05) is 0 Å². The number of alkyl halides is 1. The van der Waals surface area contributed by atoms with Gasteiger partial charge in [0.2, 0.25) is 5.91 Å². The van der Waals surface area contributed by atoms with Gasteiger partial charge in [0.1, 0.15) is 0 Å². The summed E-state index contributed by atoms with van der Waals surface area (Å²) in [4.78, 5) is 12.0. The SMILES string of the molecule is CC(C)(C)C1CCC(C(=O)NCCCCBr)CC1. The van der Waals surface area contributed by atoms with Crippen molar-refractivity contribution in [3.8, 4) is 0 Å². The monoisotopic (exact) mass is 317 g/mol. The van der Waals surface area contributed by atoms with Gasteiger partial charge < -0.3 is 5.32 Å². The summed E-state index contributed by atoms with van der Waals surface area (Å²) in [6.45, 7) is 7.79. The second-order valence-electron chi connectivity index (χ2n) is 6.60. The van der Waals surface area contributed by atoms with Gasteiger partial charge in [-0.3, -0.25) is 4.79 Å². The minimum atomic E-state index is 0.271. The van der Waals surface area contributed by atoms with E-state index in [-0.39, 0.29) is 11.8 Å². The average Bonchev–Trinajstić information content (AvgIpc) is 2.33. The third-order valence-corrected chi connectivity index (χ3v) is 4.74. The molecule has 1 N–H and O–H groups in total. The molecule has 0 saturated heterocycles. The fourth-order valence-corrected chi connectivity index (χ4v) is 3.19. The zero-order valence-corrected chi connectivity index (χ0v) is 13.7. The summed E-state index contributed by atoms with van der Waals surface area (Å²) >= 11 is 3.41. The van der Waals surface area contributed by atoms with E-state index >= 15 is 0 Å². The number of hydrogen-bond donors (Lipinski definition) is 1. The highest BCUT2D eigenvalue weighted by Crippen LogP contribution is 2.39. The van der Waals surface area contributed by atoms with E-state index in [2.05, 4.69) is 42.0 Å². The van der Waals surface area contributed by atoms with Crippen molar-refractivity contribution in [2.75, 3.05) is 11.9 Å². The molecule has 1 rings (SSSR count). The summed E-state index contributed by atoms with van der Waals surface area (Å²) in [6.07, 6.45) is 6.79. The molecule has 0 spiro atoms. The van der Waals surface area contributed by atoms with Gasteiger partial charge in [0.25, 0.3) is 0 Å². The van der Waals surface area contributed by atoms with Crippen molar-refractivity contribution in [2.24, 2.45) is 17.3 Å². The summed E-state index contributed by atoms with van der Waals surface area (Å²) in [7, 11) is 0. The van der Waals surface area contributed by atoms with E-state index in [1.165, 1.54) is 12.8 Å². The Morgan fingerprint density at radius 3 is 2.28 bits per heavy atom. The Bertz CT molecular complexity index is 252. The van der Waals surface area contributed by atoms with E-state index in [9.17, 15) is 4.79 Å². The molecule has 0 heterocycles. The first-order chi connectivity index (χ1) is 8.45. The molecule has 106 valence electrons. The lowest BCUT2D eigenvalue weighted by molar-refractivity contribution is -0.126. The molecule has 3 heteroatoms. The topological polar surface area (TPSA) is 29.1 Å². The highest BCUT2D eigenvalue weighted by Gasteiger charge is 2.32. The molecule has 2 nitrogen and oxygen atoms in total. The maximum absolute atomic E-state index is 12.0. The van der Waals surface area contributed by atoms with Gasteiger partial charge >= 0.3 is 0 Å². The normalized spacial score (nSPS) is 24.9. The first kappa shape index (κ1) is 16.0. The Morgan fingerprint density at radius 2 is 1.78 bits per heavy atom. The zero-order valence-electron chi connectivity index (χ0n) is 12.1.